The number of hydrogen-bond donors (Lipinski definition) is 2. The molecule has 2 saturated heterocycles. The van der Waals surface area contributed by atoms with Gasteiger partial charge in [0.25, 0.3) is 0 Å². The second-order valence-corrected chi connectivity index (χ2v) is 6.42. The Morgan fingerprint density at radius 1 is 1.19 bits per heavy atom. The summed E-state index contributed by atoms with van der Waals surface area (Å²) in [4.78, 5) is 14.6. The lowest BCUT2D eigenvalue weighted by Gasteiger charge is -2.32. The van der Waals surface area contributed by atoms with Gasteiger partial charge in [-0.1, -0.05) is 20.3 Å². The Morgan fingerprint density at radius 3 is 2.33 bits per heavy atom. The Hall–Kier alpha value is -0.0300. The van der Waals surface area contributed by atoms with Crippen LogP contribution in [-0.4, -0.2) is 50.1 Å². The summed E-state index contributed by atoms with van der Waals surface area (Å²) in [7, 11) is 0. The molecule has 0 bridgehead atoms. The summed E-state index contributed by atoms with van der Waals surface area (Å²) in [5.41, 5.74) is 0. The Kier molecular flexibility index (Phi) is 10.6. The largest absolute Gasteiger partial charge is 0.356 e. The van der Waals surface area contributed by atoms with Crippen molar-refractivity contribution in [2.45, 2.75) is 33.1 Å². The van der Waals surface area contributed by atoms with E-state index in [9.17, 15) is 4.79 Å². The van der Waals surface area contributed by atoms with Crippen molar-refractivity contribution in [1.29, 1.82) is 0 Å². The fourth-order valence-electron chi connectivity index (χ4n) is 2.96. The van der Waals surface area contributed by atoms with E-state index in [0.717, 1.165) is 26.2 Å². The van der Waals surface area contributed by atoms with Crippen LogP contribution in [0.4, 0.5) is 0 Å². The Balaban J connectivity index is 0.00000200. The molecule has 2 fully saturated rings. The van der Waals surface area contributed by atoms with Crippen molar-refractivity contribution in [2.24, 2.45) is 17.8 Å². The molecule has 1 amide bonds. The molecular weight excluding hydrogens is 309 g/mol. The minimum Gasteiger partial charge on any atom is -0.356 e. The first-order valence-corrected chi connectivity index (χ1v) is 7.87. The van der Waals surface area contributed by atoms with Crippen LogP contribution < -0.4 is 10.6 Å². The van der Waals surface area contributed by atoms with Crippen LogP contribution in [0, 0.1) is 17.8 Å². The minimum absolute atomic E-state index is 0. The zero-order valence-electron chi connectivity index (χ0n) is 13.3. The lowest BCUT2D eigenvalue weighted by Crippen LogP contribution is -2.50. The van der Waals surface area contributed by atoms with E-state index in [-0.39, 0.29) is 36.6 Å². The molecule has 2 aliphatic heterocycles. The quantitative estimate of drug-likeness (QED) is 0.777. The van der Waals surface area contributed by atoms with Crippen molar-refractivity contribution in [2.75, 3.05) is 39.3 Å². The maximum absolute atomic E-state index is 12.0. The lowest BCUT2D eigenvalue weighted by atomic mass is 9.88. The number of piperidine rings is 1. The molecule has 2 aliphatic rings. The van der Waals surface area contributed by atoms with Gasteiger partial charge >= 0.3 is 0 Å². The highest BCUT2D eigenvalue weighted by molar-refractivity contribution is 5.85. The summed E-state index contributed by atoms with van der Waals surface area (Å²) in [5.74, 6) is 1.48. The van der Waals surface area contributed by atoms with Crippen molar-refractivity contribution in [3.8, 4) is 0 Å². The van der Waals surface area contributed by atoms with Gasteiger partial charge in [-0.2, -0.15) is 0 Å². The molecule has 6 heteroatoms. The van der Waals surface area contributed by atoms with Crippen molar-refractivity contribution >= 4 is 30.7 Å². The summed E-state index contributed by atoms with van der Waals surface area (Å²) < 4.78 is 0. The van der Waals surface area contributed by atoms with Gasteiger partial charge in [0.05, 0.1) is 0 Å². The van der Waals surface area contributed by atoms with Gasteiger partial charge in [-0.05, 0) is 50.9 Å². The van der Waals surface area contributed by atoms with Crippen LogP contribution in [0.15, 0.2) is 0 Å². The average Bonchev–Trinajstić information content (AvgIpc) is 2.35. The molecule has 0 aliphatic carbocycles. The summed E-state index contributed by atoms with van der Waals surface area (Å²) in [6, 6.07) is 0. The topological polar surface area (TPSA) is 44.4 Å². The number of nitrogens with one attached hydrogen (secondary N) is 2. The van der Waals surface area contributed by atoms with Crippen LogP contribution >= 0.6 is 24.8 Å². The fourth-order valence-corrected chi connectivity index (χ4v) is 2.96. The molecule has 2 unspecified atom stereocenters. The molecule has 126 valence electrons. The van der Waals surface area contributed by atoms with E-state index in [0.29, 0.717) is 11.8 Å². The third-order valence-electron chi connectivity index (χ3n) is 4.58. The van der Waals surface area contributed by atoms with Crippen molar-refractivity contribution < 1.29 is 4.79 Å². The van der Waals surface area contributed by atoms with E-state index < -0.39 is 0 Å². The van der Waals surface area contributed by atoms with Crippen molar-refractivity contribution in [1.82, 2.24) is 15.5 Å². The smallest absolute Gasteiger partial charge is 0.223 e. The van der Waals surface area contributed by atoms with E-state index >= 15 is 0 Å². The standard InChI is InChI=1S/C15H29N3O.2ClH/c1-12(11-18-6-4-3-5-7-18)8-17-15(19)13(2)14-9-16-10-14;;/h12-14,16H,3-11H2,1-2H3,(H,17,19);2*1H. The van der Waals surface area contributed by atoms with E-state index in [2.05, 4.69) is 29.4 Å². The Bertz CT molecular complexity index is 295. The maximum atomic E-state index is 12.0. The highest BCUT2D eigenvalue weighted by Gasteiger charge is 2.28. The molecule has 2 N–H and O–H groups in total. The van der Waals surface area contributed by atoms with Gasteiger partial charge in [-0.3, -0.25) is 4.79 Å². The van der Waals surface area contributed by atoms with Gasteiger partial charge in [0.1, 0.15) is 0 Å². The molecule has 21 heavy (non-hydrogen) atoms. The third kappa shape index (κ3) is 6.72. The lowest BCUT2D eigenvalue weighted by molar-refractivity contribution is -0.126. The normalized spacial score (nSPS) is 22.2. The summed E-state index contributed by atoms with van der Waals surface area (Å²) in [5, 5.41) is 6.36. The van der Waals surface area contributed by atoms with Crippen molar-refractivity contribution in [3.63, 3.8) is 0 Å². The number of rotatable bonds is 6. The maximum Gasteiger partial charge on any atom is 0.223 e. The number of likely N-dealkylation sites (tertiary alicyclic amines) is 1. The van der Waals surface area contributed by atoms with Crippen LogP contribution in [0.1, 0.15) is 33.1 Å². The van der Waals surface area contributed by atoms with Crippen LogP contribution in [0.25, 0.3) is 0 Å². The fraction of sp³-hybridized carbons (Fsp3) is 0.933. The molecule has 2 heterocycles. The van der Waals surface area contributed by atoms with E-state index in [1.54, 1.807) is 0 Å². The van der Waals surface area contributed by atoms with Gasteiger partial charge in [-0.15, -0.1) is 24.8 Å². The van der Waals surface area contributed by atoms with Crippen LogP contribution in [0.5, 0.6) is 0 Å². The van der Waals surface area contributed by atoms with Crippen molar-refractivity contribution in [3.05, 3.63) is 0 Å². The predicted octanol–water partition coefficient (Wildman–Crippen LogP) is 1.92. The summed E-state index contributed by atoms with van der Waals surface area (Å²) in [6.45, 7) is 10.7. The van der Waals surface area contributed by atoms with E-state index in [1.807, 2.05) is 0 Å². The molecule has 2 rings (SSSR count). The van der Waals surface area contributed by atoms with Crippen LogP contribution in [0.3, 0.4) is 0 Å². The van der Waals surface area contributed by atoms with Gasteiger partial charge in [0.2, 0.25) is 5.91 Å². The number of carbonyl (C=O) groups excluding carboxylic acids is 1. The summed E-state index contributed by atoms with van der Waals surface area (Å²) in [6.07, 6.45) is 4.06. The first-order valence-electron chi connectivity index (χ1n) is 7.87. The summed E-state index contributed by atoms with van der Waals surface area (Å²) >= 11 is 0. The third-order valence-corrected chi connectivity index (χ3v) is 4.58. The first kappa shape index (κ1) is 21.0. The molecule has 0 aromatic rings. The predicted molar refractivity (Wildman–Crippen MR) is 92.5 cm³/mol. The second kappa shape index (κ2) is 10.7. The molecule has 4 nitrogen and oxygen atoms in total. The number of halogens is 2. The van der Waals surface area contributed by atoms with Gasteiger partial charge < -0.3 is 15.5 Å². The number of hydrogen-bond acceptors (Lipinski definition) is 3. The highest BCUT2D eigenvalue weighted by atomic mass is 35.5. The average molecular weight is 340 g/mol. The minimum atomic E-state index is 0. The monoisotopic (exact) mass is 339 g/mol. The van der Waals surface area contributed by atoms with E-state index in [1.165, 1.54) is 32.4 Å². The molecular formula is C15H31Cl2N3O. The van der Waals surface area contributed by atoms with Gasteiger partial charge in [-0.25, -0.2) is 0 Å². The molecule has 0 radical (unpaired) electrons. The molecule has 0 aromatic heterocycles. The zero-order valence-corrected chi connectivity index (χ0v) is 14.9. The number of amides is 1. The van der Waals surface area contributed by atoms with Crippen LogP contribution in [-0.2, 0) is 4.79 Å². The van der Waals surface area contributed by atoms with E-state index in [4.69, 9.17) is 0 Å². The second-order valence-electron chi connectivity index (χ2n) is 6.42. The zero-order chi connectivity index (χ0) is 13.7. The van der Waals surface area contributed by atoms with Crippen LogP contribution in [0.2, 0.25) is 0 Å². The first-order chi connectivity index (χ1) is 9.16. The SMILES string of the molecule is CC(CNC(=O)C(C)C1CNC1)CN1CCCCC1.Cl.Cl. The van der Waals surface area contributed by atoms with Gasteiger partial charge in [0, 0.05) is 19.0 Å². The molecule has 0 spiro atoms. The van der Waals surface area contributed by atoms with Gasteiger partial charge in [0.15, 0.2) is 0 Å². The Labute approximate surface area is 141 Å². The molecule has 0 aromatic carbocycles. The number of nitrogens with zero attached hydrogens (tertiary/aromatic N) is 1. The number of carbonyl (C=O) groups is 1. The Morgan fingerprint density at radius 2 is 1.81 bits per heavy atom. The highest BCUT2D eigenvalue weighted by Crippen LogP contribution is 2.16. The molecule has 0 saturated carbocycles. The molecule has 2 atom stereocenters.